The summed E-state index contributed by atoms with van der Waals surface area (Å²) in [4.78, 5) is 15.9. The summed E-state index contributed by atoms with van der Waals surface area (Å²) < 4.78 is 32.4. The minimum Gasteiger partial charge on any atom is -0.476 e. The van der Waals surface area contributed by atoms with Crippen LogP contribution >= 0.6 is 15.9 Å². The molecule has 0 aliphatic carbocycles. The molecule has 9 nitrogen and oxygen atoms in total. The van der Waals surface area contributed by atoms with Crippen LogP contribution in [-0.2, 0) is 17.5 Å². The topological polar surface area (TPSA) is 97.2 Å². The molecule has 0 N–H and O–H groups in total. The van der Waals surface area contributed by atoms with E-state index in [1.807, 2.05) is 22.4 Å². The average molecular weight is 645 g/mol. The second-order valence-corrected chi connectivity index (χ2v) is 16.8. The SMILES string of the molecule is CCn1ncc(Cn2ccnc2-c2ccc(F)cc2C(CO[Si](C)(C)C(C)(C)C)Oc2ccccc2[N+](=O)[O-])c1Br. The van der Waals surface area contributed by atoms with Crippen LogP contribution in [0.5, 0.6) is 5.75 Å². The molecule has 2 aromatic heterocycles. The zero-order valence-electron chi connectivity index (χ0n) is 24.1. The van der Waals surface area contributed by atoms with Gasteiger partial charge in [0.25, 0.3) is 0 Å². The Bertz CT molecular complexity index is 1530. The molecule has 0 amide bonds. The Morgan fingerprint density at radius 3 is 2.59 bits per heavy atom. The van der Waals surface area contributed by atoms with Crippen molar-refractivity contribution in [2.45, 2.75) is 65.0 Å². The highest BCUT2D eigenvalue weighted by molar-refractivity contribution is 9.10. The first-order chi connectivity index (χ1) is 19.3. The lowest BCUT2D eigenvalue weighted by Crippen LogP contribution is -2.42. The van der Waals surface area contributed by atoms with Gasteiger partial charge >= 0.3 is 5.69 Å². The maximum atomic E-state index is 14.9. The van der Waals surface area contributed by atoms with E-state index < -0.39 is 25.2 Å². The predicted octanol–water partition coefficient (Wildman–Crippen LogP) is 7.77. The Balaban J connectivity index is 1.79. The zero-order chi connectivity index (χ0) is 29.9. The molecular weight excluding hydrogens is 609 g/mol. The van der Waals surface area contributed by atoms with Crippen molar-refractivity contribution in [3.05, 3.63) is 92.7 Å². The van der Waals surface area contributed by atoms with Gasteiger partial charge in [0.2, 0.25) is 0 Å². The van der Waals surface area contributed by atoms with Gasteiger partial charge in [-0.05, 0) is 65.3 Å². The van der Waals surface area contributed by atoms with Crippen molar-refractivity contribution in [3.8, 4) is 17.1 Å². The standard InChI is InChI=1S/C29H35BrFN5O4Si/c1-7-35-27(30)20(17-33-35)18-34-15-14-32-28(34)22-13-12-21(31)16-23(22)26(19-39-41(5,6)29(2,3)4)40-25-11-9-8-10-24(25)36(37)38/h8-17,26H,7,18-19H2,1-6H3. The number of halogens is 2. The monoisotopic (exact) mass is 643 g/mol. The van der Waals surface area contributed by atoms with Crippen LogP contribution in [0.25, 0.3) is 11.4 Å². The van der Waals surface area contributed by atoms with Crippen LogP contribution in [0.3, 0.4) is 0 Å². The summed E-state index contributed by atoms with van der Waals surface area (Å²) in [7, 11) is -2.26. The number of aromatic nitrogens is 4. The van der Waals surface area contributed by atoms with Gasteiger partial charge in [-0.15, -0.1) is 0 Å². The summed E-state index contributed by atoms with van der Waals surface area (Å²) in [6.45, 7) is 13.9. The van der Waals surface area contributed by atoms with Crippen LogP contribution < -0.4 is 4.74 Å². The molecule has 0 bridgehead atoms. The van der Waals surface area contributed by atoms with E-state index in [4.69, 9.17) is 9.16 Å². The van der Waals surface area contributed by atoms with Crippen LogP contribution in [0.4, 0.5) is 10.1 Å². The number of para-hydroxylation sites is 2. The van der Waals surface area contributed by atoms with Gasteiger partial charge in [-0.2, -0.15) is 5.10 Å². The van der Waals surface area contributed by atoms with Gasteiger partial charge in [0.1, 0.15) is 22.3 Å². The van der Waals surface area contributed by atoms with Crippen LogP contribution in [0.2, 0.25) is 18.1 Å². The van der Waals surface area contributed by atoms with E-state index in [1.54, 1.807) is 36.7 Å². The van der Waals surface area contributed by atoms with Crippen LogP contribution in [0, 0.1) is 15.9 Å². The zero-order valence-corrected chi connectivity index (χ0v) is 26.7. The quantitative estimate of drug-likeness (QED) is 0.0941. The Morgan fingerprint density at radius 1 is 1.20 bits per heavy atom. The molecule has 218 valence electrons. The fraction of sp³-hybridized carbons (Fsp3) is 0.379. The highest BCUT2D eigenvalue weighted by Gasteiger charge is 2.38. The Labute approximate surface area is 248 Å². The second kappa shape index (κ2) is 12.3. The Hall–Kier alpha value is -3.35. The number of imidazole rings is 1. The molecule has 0 saturated heterocycles. The summed E-state index contributed by atoms with van der Waals surface area (Å²) in [5, 5.41) is 16.1. The van der Waals surface area contributed by atoms with Gasteiger partial charge in [0, 0.05) is 41.7 Å². The molecule has 2 heterocycles. The van der Waals surface area contributed by atoms with E-state index in [0.29, 0.717) is 23.5 Å². The Morgan fingerprint density at radius 2 is 1.93 bits per heavy atom. The Kier molecular flexibility index (Phi) is 9.15. The van der Waals surface area contributed by atoms with E-state index in [-0.39, 0.29) is 23.1 Å². The summed E-state index contributed by atoms with van der Waals surface area (Å²) in [6.07, 6.45) is 4.49. The minimum absolute atomic E-state index is 0.0779. The van der Waals surface area contributed by atoms with E-state index in [2.05, 4.69) is 59.9 Å². The molecule has 1 unspecified atom stereocenters. The van der Waals surface area contributed by atoms with Gasteiger partial charge in [-0.25, -0.2) is 9.37 Å². The fourth-order valence-corrected chi connectivity index (χ4v) is 5.72. The van der Waals surface area contributed by atoms with Crippen molar-refractivity contribution >= 4 is 29.9 Å². The van der Waals surface area contributed by atoms with Crippen LogP contribution in [0.15, 0.2) is 65.7 Å². The fourth-order valence-electron chi connectivity index (χ4n) is 4.15. The molecule has 12 heteroatoms. The molecule has 4 aromatic rings. The summed E-state index contributed by atoms with van der Waals surface area (Å²) in [5.41, 5.74) is 1.90. The summed E-state index contributed by atoms with van der Waals surface area (Å²) in [5.74, 6) is 0.216. The third-order valence-corrected chi connectivity index (χ3v) is 13.0. The molecule has 2 aromatic carbocycles. The predicted molar refractivity (Wildman–Crippen MR) is 162 cm³/mol. The number of rotatable bonds is 11. The van der Waals surface area contributed by atoms with Gasteiger partial charge in [0.05, 0.1) is 24.3 Å². The third-order valence-electron chi connectivity index (χ3n) is 7.53. The maximum absolute atomic E-state index is 14.9. The summed E-state index contributed by atoms with van der Waals surface area (Å²) in [6, 6.07) is 10.6. The first kappa shape index (κ1) is 30.6. The molecule has 0 fully saturated rings. The van der Waals surface area contributed by atoms with Crippen molar-refractivity contribution in [2.24, 2.45) is 0 Å². The van der Waals surface area contributed by atoms with Crippen LogP contribution in [-0.4, -0.2) is 39.2 Å². The van der Waals surface area contributed by atoms with Crippen molar-refractivity contribution in [3.63, 3.8) is 0 Å². The number of nitrogens with zero attached hydrogens (tertiary/aromatic N) is 5. The van der Waals surface area contributed by atoms with Crippen LogP contribution in [0.1, 0.15) is 44.9 Å². The average Bonchev–Trinajstić information content (AvgIpc) is 3.52. The van der Waals surface area contributed by atoms with Crippen molar-refractivity contribution in [1.82, 2.24) is 19.3 Å². The van der Waals surface area contributed by atoms with Crippen molar-refractivity contribution in [2.75, 3.05) is 6.61 Å². The molecule has 4 rings (SSSR count). The second-order valence-electron chi connectivity index (χ2n) is 11.3. The molecule has 0 radical (unpaired) electrons. The van der Waals surface area contributed by atoms with Gasteiger partial charge in [-0.3, -0.25) is 14.8 Å². The van der Waals surface area contributed by atoms with Gasteiger partial charge in [-0.1, -0.05) is 32.9 Å². The minimum atomic E-state index is -2.26. The number of aryl methyl sites for hydroxylation is 1. The smallest absolute Gasteiger partial charge is 0.310 e. The molecule has 1 atom stereocenters. The van der Waals surface area contributed by atoms with E-state index in [9.17, 15) is 14.5 Å². The number of nitro benzene ring substituents is 1. The van der Waals surface area contributed by atoms with Gasteiger partial charge < -0.3 is 13.7 Å². The highest BCUT2D eigenvalue weighted by Crippen LogP contribution is 2.40. The largest absolute Gasteiger partial charge is 0.476 e. The normalized spacial score (nSPS) is 12.9. The number of hydrogen-bond donors (Lipinski definition) is 0. The lowest BCUT2D eigenvalue weighted by Gasteiger charge is -2.37. The maximum Gasteiger partial charge on any atom is 0.310 e. The van der Waals surface area contributed by atoms with Crippen molar-refractivity contribution in [1.29, 1.82) is 0 Å². The van der Waals surface area contributed by atoms with E-state index in [1.165, 1.54) is 18.2 Å². The number of hydrogen-bond acceptors (Lipinski definition) is 6. The molecular formula is C29H35BrFN5O4Si. The molecule has 41 heavy (non-hydrogen) atoms. The third kappa shape index (κ3) is 6.76. The molecule has 0 aliphatic heterocycles. The molecule has 0 saturated carbocycles. The first-order valence-corrected chi connectivity index (χ1v) is 17.1. The number of ether oxygens (including phenoxy) is 1. The molecule has 0 spiro atoms. The van der Waals surface area contributed by atoms with E-state index >= 15 is 0 Å². The van der Waals surface area contributed by atoms with Gasteiger partial charge in [0.15, 0.2) is 14.1 Å². The molecule has 0 aliphatic rings. The first-order valence-electron chi connectivity index (χ1n) is 13.4. The lowest BCUT2D eigenvalue weighted by atomic mass is 10.0. The number of benzene rings is 2. The lowest BCUT2D eigenvalue weighted by molar-refractivity contribution is -0.386. The van der Waals surface area contributed by atoms with E-state index in [0.717, 1.165) is 16.7 Å². The number of nitro groups is 1. The van der Waals surface area contributed by atoms with Crippen molar-refractivity contribution < 1.29 is 18.5 Å². The highest BCUT2D eigenvalue weighted by atomic mass is 79.9. The summed E-state index contributed by atoms with van der Waals surface area (Å²) >= 11 is 3.63.